The molecule has 1 aliphatic heterocycles. The van der Waals surface area contributed by atoms with E-state index in [1.807, 2.05) is 32.0 Å². The number of ether oxygens (including phenoxy) is 1. The molecule has 1 radical (unpaired) electrons. The van der Waals surface area contributed by atoms with Gasteiger partial charge >= 0.3 is 0 Å². The van der Waals surface area contributed by atoms with Gasteiger partial charge in [0.25, 0.3) is 0 Å². The first-order valence-corrected chi connectivity index (χ1v) is 7.84. The molecular weight excluding hydrogens is 308 g/mol. The standard InChI is InChI=1S/C19H18ClN2O/c1-13-10-16(19-21-9-8-17(20)22-19)11-14(2)18(13)23-12-15-6-4-3-5-7-15/h3-11H,12H2,1-2H3,(H,21,22). The molecule has 0 bridgehead atoms. The largest absolute Gasteiger partial charge is 0.488 e. The third kappa shape index (κ3) is 3.74. The highest BCUT2D eigenvalue weighted by Crippen LogP contribution is 2.26. The molecule has 0 aliphatic carbocycles. The summed E-state index contributed by atoms with van der Waals surface area (Å²) in [6.45, 7) is 6.43. The van der Waals surface area contributed by atoms with Gasteiger partial charge in [0.1, 0.15) is 23.3 Å². The molecule has 0 aromatic heterocycles. The third-order valence-corrected chi connectivity index (χ3v) is 3.83. The van der Waals surface area contributed by atoms with Gasteiger partial charge in [0.2, 0.25) is 0 Å². The first-order chi connectivity index (χ1) is 11.1. The van der Waals surface area contributed by atoms with Crippen LogP contribution in [-0.2, 0) is 6.61 Å². The lowest BCUT2D eigenvalue weighted by atomic mass is 10.0. The van der Waals surface area contributed by atoms with E-state index >= 15 is 0 Å². The van der Waals surface area contributed by atoms with Crippen molar-refractivity contribution in [3.8, 4) is 5.75 Å². The summed E-state index contributed by atoms with van der Waals surface area (Å²) >= 11 is 5.97. The summed E-state index contributed by atoms with van der Waals surface area (Å²) in [6.07, 6.45) is 1.72. The molecule has 0 unspecified atom stereocenters. The van der Waals surface area contributed by atoms with Crippen molar-refractivity contribution in [2.75, 3.05) is 0 Å². The van der Waals surface area contributed by atoms with Crippen LogP contribution in [0.3, 0.4) is 0 Å². The first-order valence-electron chi connectivity index (χ1n) is 7.46. The van der Waals surface area contributed by atoms with Gasteiger partial charge in [0, 0.05) is 5.56 Å². The van der Waals surface area contributed by atoms with Crippen LogP contribution >= 0.6 is 11.6 Å². The van der Waals surface area contributed by atoms with Crippen molar-refractivity contribution in [2.45, 2.75) is 20.5 Å². The Morgan fingerprint density at radius 2 is 1.78 bits per heavy atom. The van der Waals surface area contributed by atoms with E-state index in [2.05, 4.69) is 34.6 Å². The maximum atomic E-state index is 6.01. The maximum absolute atomic E-state index is 6.01. The second-order valence-electron chi connectivity index (χ2n) is 5.47. The van der Waals surface area contributed by atoms with E-state index in [-0.39, 0.29) is 0 Å². The minimum atomic E-state index is 0.471. The quantitative estimate of drug-likeness (QED) is 0.841. The van der Waals surface area contributed by atoms with Crippen molar-refractivity contribution in [1.82, 2.24) is 5.32 Å². The van der Waals surface area contributed by atoms with E-state index < -0.39 is 0 Å². The van der Waals surface area contributed by atoms with E-state index in [4.69, 9.17) is 16.3 Å². The number of halogens is 1. The fourth-order valence-electron chi connectivity index (χ4n) is 2.56. The van der Waals surface area contributed by atoms with Gasteiger partial charge in [-0.05, 0) is 48.7 Å². The molecule has 0 spiro atoms. The number of nitrogens with one attached hydrogen (secondary N) is 1. The Labute approximate surface area is 141 Å². The van der Waals surface area contributed by atoms with Gasteiger partial charge in [-0.25, -0.2) is 4.99 Å². The Morgan fingerprint density at radius 1 is 1.09 bits per heavy atom. The van der Waals surface area contributed by atoms with Crippen LogP contribution in [0.4, 0.5) is 0 Å². The molecule has 23 heavy (non-hydrogen) atoms. The monoisotopic (exact) mass is 325 g/mol. The average molecular weight is 326 g/mol. The van der Waals surface area contributed by atoms with E-state index in [1.165, 1.54) is 0 Å². The Hall–Kier alpha value is -2.26. The summed E-state index contributed by atoms with van der Waals surface area (Å²) in [5.41, 5.74) is 4.30. The zero-order valence-electron chi connectivity index (χ0n) is 13.1. The highest BCUT2D eigenvalue weighted by atomic mass is 35.5. The molecule has 1 aliphatic rings. The molecule has 2 aromatic rings. The van der Waals surface area contributed by atoms with Crippen LogP contribution in [-0.4, -0.2) is 5.84 Å². The van der Waals surface area contributed by atoms with Crippen LogP contribution in [0.1, 0.15) is 22.3 Å². The van der Waals surface area contributed by atoms with Crippen molar-refractivity contribution >= 4 is 17.4 Å². The SMILES string of the molecule is Cc1cc(C2=NC(Cl)=C[CH]N2)cc(C)c1OCc1ccccc1. The number of benzene rings is 2. The number of rotatable bonds is 4. The zero-order chi connectivity index (χ0) is 16.2. The van der Waals surface area contributed by atoms with Gasteiger partial charge in [-0.15, -0.1) is 0 Å². The molecule has 3 nitrogen and oxygen atoms in total. The van der Waals surface area contributed by atoms with E-state index in [1.54, 1.807) is 12.6 Å². The molecule has 3 rings (SSSR count). The van der Waals surface area contributed by atoms with Crippen LogP contribution in [0.2, 0.25) is 0 Å². The van der Waals surface area contributed by atoms with Gasteiger partial charge in [-0.2, -0.15) is 0 Å². The van der Waals surface area contributed by atoms with Crippen molar-refractivity contribution in [3.63, 3.8) is 0 Å². The van der Waals surface area contributed by atoms with Gasteiger partial charge in [-0.3, -0.25) is 0 Å². The van der Waals surface area contributed by atoms with Gasteiger partial charge < -0.3 is 10.1 Å². The number of hydrogen-bond donors (Lipinski definition) is 1. The molecule has 2 aromatic carbocycles. The van der Waals surface area contributed by atoms with Crippen molar-refractivity contribution in [3.05, 3.63) is 82.5 Å². The van der Waals surface area contributed by atoms with E-state index in [0.29, 0.717) is 11.8 Å². The molecule has 0 saturated carbocycles. The van der Waals surface area contributed by atoms with Crippen molar-refractivity contribution in [2.24, 2.45) is 4.99 Å². The maximum Gasteiger partial charge on any atom is 0.135 e. The Balaban J connectivity index is 1.82. The van der Waals surface area contributed by atoms with Crippen LogP contribution in [0.15, 0.2) is 58.7 Å². The normalized spacial score (nSPS) is 13.9. The lowest BCUT2D eigenvalue weighted by molar-refractivity contribution is 0.302. The Bertz CT molecular complexity index is 743. The summed E-state index contributed by atoms with van der Waals surface area (Å²) in [6, 6.07) is 14.3. The predicted octanol–water partition coefficient (Wildman–Crippen LogP) is 4.47. The number of aliphatic imine (C=N–C) groups is 1. The summed E-state index contributed by atoms with van der Waals surface area (Å²) in [5.74, 6) is 1.66. The molecule has 0 amide bonds. The summed E-state index contributed by atoms with van der Waals surface area (Å²) in [4.78, 5) is 4.32. The number of aryl methyl sites for hydroxylation is 2. The Kier molecular flexibility index (Phi) is 4.68. The minimum Gasteiger partial charge on any atom is -0.488 e. The third-order valence-electron chi connectivity index (χ3n) is 3.62. The lowest BCUT2D eigenvalue weighted by Crippen LogP contribution is -2.24. The van der Waals surface area contributed by atoms with Gasteiger partial charge in [0.05, 0.1) is 6.54 Å². The van der Waals surface area contributed by atoms with Crippen LogP contribution in [0.5, 0.6) is 5.75 Å². The lowest BCUT2D eigenvalue weighted by Gasteiger charge is -2.17. The van der Waals surface area contributed by atoms with E-state index in [0.717, 1.165) is 33.8 Å². The van der Waals surface area contributed by atoms with Crippen molar-refractivity contribution in [1.29, 1.82) is 0 Å². The van der Waals surface area contributed by atoms with Gasteiger partial charge in [-0.1, -0.05) is 41.9 Å². The molecule has 117 valence electrons. The smallest absolute Gasteiger partial charge is 0.135 e. The fraction of sp³-hybridized carbons (Fsp3) is 0.158. The number of nitrogens with zero attached hydrogens (tertiary/aromatic N) is 1. The zero-order valence-corrected chi connectivity index (χ0v) is 13.9. The molecule has 0 saturated heterocycles. The molecule has 0 fully saturated rings. The molecule has 4 heteroatoms. The number of amidine groups is 1. The molecule has 1 heterocycles. The topological polar surface area (TPSA) is 33.6 Å². The Morgan fingerprint density at radius 3 is 2.43 bits per heavy atom. The second kappa shape index (κ2) is 6.88. The predicted molar refractivity (Wildman–Crippen MR) is 94.6 cm³/mol. The summed E-state index contributed by atoms with van der Waals surface area (Å²) in [5, 5.41) is 3.59. The first kappa shape index (κ1) is 15.6. The van der Waals surface area contributed by atoms with Crippen LogP contribution in [0, 0.1) is 20.4 Å². The molecule has 0 atom stereocenters. The average Bonchev–Trinajstić information content (AvgIpc) is 2.55. The fourth-order valence-corrected chi connectivity index (χ4v) is 2.71. The highest BCUT2D eigenvalue weighted by Gasteiger charge is 2.13. The highest BCUT2D eigenvalue weighted by molar-refractivity contribution is 6.30. The molecular formula is C19H18ClN2O. The van der Waals surface area contributed by atoms with E-state index in [9.17, 15) is 0 Å². The minimum absolute atomic E-state index is 0.471. The summed E-state index contributed by atoms with van der Waals surface area (Å²) in [7, 11) is 0. The van der Waals surface area contributed by atoms with Crippen LogP contribution < -0.4 is 10.1 Å². The second-order valence-corrected chi connectivity index (χ2v) is 5.86. The summed E-state index contributed by atoms with van der Waals surface area (Å²) < 4.78 is 6.01. The van der Waals surface area contributed by atoms with Gasteiger partial charge in [0.15, 0.2) is 0 Å². The number of hydrogen-bond acceptors (Lipinski definition) is 3. The molecule has 1 N–H and O–H groups in total. The van der Waals surface area contributed by atoms with Crippen LogP contribution in [0.25, 0.3) is 0 Å². The van der Waals surface area contributed by atoms with Crippen molar-refractivity contribution < 1.29 is 4.74 Å².